The molecule has 3 heteroatoms. The van der Waals surface area contributed by atoms with Crippen molar-refractivity contribution in [2.24, 2.45) is 11.8 Å². The molecule has 0 aromatic heterocycles. The zero-order valence-electron chi connectivity index (χ0n) is 12.8. The molecule has 0 amide bonds. The van der Waals surface area contributed by atoms with Crippen molar-refractivity contribution in [2.45, 2.75) is 32.8 Å². The molecule has 0 saturated carbocycles. The van der Waals surface area contributed by atoms with Gasteiger partial charge in [0.25, 0.3) is 0 Å². The molecule has 2 rings (SSSR count). The number of esters is 1. The van der Waals surface area contributed by atoms with Crippen molar-refractivity contribution >= 4 is 5.97 Å². The molecule has 0 heterocycles. The smallest absolute Gasteiger partial charge is 0.339 e. The molecule has 0 aliphatic heterocycles. The number of hydrogen-bond acceptors (Lipinski definition) is 3. The summed E-state index contributed by atoms with van der Waals surface area (Å²) >= 11 is 0. The quantitative estimate of drug-likeness (QED) is 0.588. The van der Waals surface area contributed by atoms with Crippen LogP contribution in [-0.2, 0) is 14.3 Å². The molecule has 0 radical (unpaired) electrons. The molecule has 3 atom stereocenters. The van der Waals surface area contributed by atoms with Crippen molar-refractivity contribution in [3.63, 3.8) is 0 Å². The Morgan fingerprint density at radius 2 is 1.95 bits per heavy atom. The monoisotopic (exact) mass is 288 g/mol. The number of hydrogen-bond donors (Lipinski definition) is 0. The Balaban J connectivity index is 2.02. The third-order valence-electron chi connectivity index (χ3n) is 4.00. The molecular formula is C18H24O3. The van der Waals surface area contributed by atoms with E-state index in [-0.39, 0.29) is 5.97 Å². The van der Waals surface area contributed by atoms with Crippen molar-refractivity contribution in [3.05, 3.63) is 48.0 Å². The molecule has 21 heavy (non-hydrogen) atoms. The van der Waals surface area contributed by atoms with Gasteiger partial charge in [-0.05, 0) is 37.2 Å². The molecule has 1 aliphatic carbocycles. The van der Waals surface area contributed by atoms with Crippen LogP contribution in [0.25, 0.3) is 0 Å². The van der Waals surface area contributed by atoms with Gasteiger partial charge in [0, 0.05) is 0 Å². The predicted molar refractivity (Wildman–Crippen MR) is 82.8 cm³/mol. The van der Waals surface area contributed by atoms with E-state index in [0.717, 1.165) is 18.4 Å². The highest BCUT2D eigenvalue weighted by Crippen LogP contribution is 2.28. The van der Waals surface area contributed by atoms with Crippen LogP contribution >= 0.6 is 0 Å². The maximum atomic E-state index is 12.1. The van der Waals surface area contributed by atoms with E-state index in [1.807, 2.05) is 37.3 Å². The van der Waals surface area contributed by atoms with Crippen molar-refractivity contribution in [1.29, 1.82) is 0 Å². The summed E-state index contributed by atoms with van der Waals surface area (Å²) in [6, 6.07) is 9.57. The van der Waals surface area contributed by atoms with E-state index in [4.69, 9.17) is 9.47 Å². The summed E-state index contributed by atoms with van der Waals surface area (Å²) in [4.78, 5) is 12.1. The van der Waals surface area contributed by atoms with Gasteiger partial charge in [-0.1, -0.05) is 49.4 Å². The Morgan fingerprint density at radius 3 is 2.62 bits per heavy atom. The van der Waals surface area contributed by atoms with Crippen LogP contribution in [0.15, 0.2) is 42.5 Å². The maximum Gasteiger partial charge on any atom is 0.339 e. The van der Waals surface area contributed by atoms with Crippen molar-refractivity contribution in [2.75, 3.05) is 13.2 Å². The van der Waals surface area contributed by atoms with E-state index >= 15 is 0 Å². The van der Waals surface area contributed by atoms with Crippen LogP contribution in [0.5, 0.6) is 0 Å². The van der Waals surface area contributed by atoms with Gasteiger partial charge in [0.2, 0.25) is 0 Å². The van der Waals surface area contributed by atoms with Gasteiger partial charge in [-0.2, -0.15) is 0 Å². The Labute approximate surface area is 127 Å². The fourth-order valence-electron chi connectivity index (χ4n) is 2.60. The van der Waals surface area contributed by atoms with Gasteiger partial charge in [0.05, 0.1) is 13.2 Å². The van der Waals surface area contributed by atoms with E-state index in [2.05, 4.69) is 19.1 Å². The zero-order valence-corrected chi connectivity index (χ0v) is 12.8. The van der Waals surface area contributed by atoms with Crippen molar-refractivity contribution in [3.8, 4) is 0 Å². The third-order valence-corrected chi connectivity index (χ3v) is 4.00. The number of ether oxygens (including phenoxy) is 2. The van der Waals surface area contributed by atoms with Gasteiger partial charge in [-0.15, -0.1) is 0 Å². The fraction of sp³-hybridized carbons (Fsp3) is 0.500. The first-order valence-electron chi connectivity index (χ1n) is 7.70. The van der Waals surface area contributed by atoms with Gasteiger partial charge >= 0.3 is 5.97 Å². The Hall–Kier alpha value is -1.61. The summed E-state index contributed by atoms with van der Waals surface area (Å²) in [6.45, 7) is 5.01. The SMILES string of the molecule is CCOC(=O)C(OCC1CC=CCC1C)c1ccccc1. The molecule has 0 N–H and O–H groups in total. The minimum absolute atomic E-state index is 0.303. The first-order valence-corrected chi connectivity index (χ1v) is 7.70. The second kappa shape index (κ2) is 7.99. The molecule has 1 aliphatic rings. The summed E-state index contributed by atoms with van der Waals surface area (Å²) < 4.78 is 11.1. The highest BCUT2D eigenvalue weighted by atomic mass is 16.6. The molecule has 0 spiro atoms. The molecular weight excluding hydrogens is 264 g/mol. The predicted octanol–water partition coefficient (Wildman–Crippen LogP) is 3.91. The minimum atomic E-state index is -0.621. The highest BCUT2D eigenvalue weighted by molar-refractivity contribution is 5.76. The molecule has 114 valence electrons. The van der Waals surface area contributed by atoms with E-state index in [9.17, 15) is 4.79 Å². The van der Waals surface area contributed by atoms with Gasteiger partial charge in [0.1, 0.15) is 0 Å². The molecule has 1 aromatic carbocycles. The molecule has 0 saturated heterocycles. The number of allylic oxidation sites excluding steroid dienone is 2. The molecule has 3 unspecified atom stereocenters. The summed E-state index contributed by atoms with van der Waals surface area (Å²) in [5.74, 6) is 0.756. The van der Waals surface area contributed by atoms with E-state index in [1.54, 1.807) is 0 Å². The van der Waals surface area contributed by atoms with Gasteiger partial charge in [-0.3, -0.25) is 0 Å². The van der Waals surface area contributed by atoms with Crippen LogP contribution in [0.3, 0.4) is 0 Å². The minimum Gasteiger partial charge on any atom is -0.464 e. The second-order valence-corrected chi connectivity index (χ2v) is 5.56. The normalized spacial score (nSPS) is 22.8. The Bertz CT molecular complexity index is 467. The fourth-order valence-corrected chi connectivity index (χ4v) is 2.60. The van der Waals surface area contributed by atoms with E-state index in [1.165, 1.54) is 0 Å². The van der Waals surface area contributed by atoms with Crippen LogP contribution in [0.4, 0.5) is 0 Å². The second-order valence-electron chi connectivity index (χ2n) is 5.56. The standard InChI is InChI=1S/C18H24O3/c1-3-20-18(19)17(15-10-5-4-6-11-15)21-13-16-12-8-7-9-14(16)2/h4-8,10-11,14,16-17H,3,9,12-13H2,1-2H3. The lowest BCUT2D eigenvalue weighted by molar-refractivity contribution is -0.158. The highest BCUT2D eigenvalue weighted by Gasteiger charge is 2.26. The summed E-state index contributed by atoms with van der Waals surface area (Å²) in [7, 11) is 0. The van der Waals surface area contributed by atoms with Crippen LogP contribution in [0, 0.1) is 11.8 Å². The van der Waals surface area contributed by atoms with Crippen LogP contribution in [0.1, 0.15) is 38.4 Å². The molecule has 0 fully saturated rings. The van der Waals surface area contributed by atoms with Crippen molar-refractivity contribution in [1.82, 2.24) is 0 Å². The lowest BCUT2D eigenvalue weighted by Crippen LogP contribution is -2.25. The largest absolute Gasteiger partial charge is 0.464 e. The average molecular weight is 288 g/mol. The Morgan fingerprint density at radius 1 is 1.24 bits per heavy atom. The lowest BCUT2D eigenvalue weighted by atomic mass is 9.85. The van der Waals surface area contributed by atoms with Gasteiger partial charge in [-0.25, -0.2) is 4.79 Å². The van der Waals surface area contributed by atoms with Crippen LogP contribution < -0.4 is 0 Å². The number of rotatable bonds is 6. The molecule has 0 bridgehead atoms. The topological polar surface area (TPSA) is 35.5 Å². The first kappa shape index (κ1) is 15.8. The summed E-state index contributed by atoms with van der Waals surface area (Å²) in [6.07, 6.45) is 5.91. The van der Waals surface area contributed by atoms with E-state index in [0.29, 0.717) is 25.0 Å². The Kier molecular flexibility index (Phi) is 6.00. The molecule has 1 aromatic rings. The number of carbonyl (C=O) groups is 1. The first-order chi connectivity index (χ1) is 10.2. The van der Waals surface area contributed by atoms with Crippen LogP contribution in [-0.4, -0.2) is 19.2 Å². The van der Waals surface area contributed by atoms with Crippen molar-refractivity contribution < 1.29 is 14.3 Å². The zero-order chi connectivity index (χ0) is 15.1. The van der Waals surface area contributed by atoms with E-state index < -0.39 is 6.10 Å². The van der Waals surface area contributed by atoms with Gasteiger partial charge in [0.15, 0.2) is 6.10 Å². The van der Waals surface area contributed by atoms with Gasteiger partial charge < -0.3 is 9.47 Å². The third kappa shape index (κ3) is 4.43. The van der Waals surface area contributed by atoms with Crippen LogP contribution in [0.2, 0.25) is 0 Å². The maximum absolute atomic E-state index is 12.1. The number of benzene rings is 1. The summed E-state index contributed by atoms with van der Waals surface area (Å²) in [5.41, 5.74) is 0.856. The summed E-state index contributed by atoms with van der Waals surface area (Å²) in [5, 5.41) is 0. The number of carbonyl (C=O) groups excluding carboxylic acids is 1. The average Bonchev–Trinajstić information content (AvgIpc) is 2.50. The molecule has 3 nitrogen and oxygen atoms in total. The lowest BCUT2D eigenvalue weighted by Gasteiger charge is -2.27.